The van der Waals surface area contributed by atoms with Gasteiger partial charge >= 0.3 is 18.0 Å². The van der Waals surface area contributed by atoms with Crippen molar-refractivity contribution in [1.82, 2.24) is 10.6 Å². The Balaban J connectivity index is 1.35. The van der Waals surface area contributed by atoms with E-state index in [1.165, 1.54) is 0 Å². The largest absolute Gasteiger partial charge is 0.480 e. The van der Waals surface area contributed by atoms with Crippen molar-refractivity contribution in [2.75, 3.05) is 13.2 Å². The summed E-state index contributed by atoms with van der Waals surface area (Å²) in [6.45, 7) is -0.502. The number of hydrogen-bond donors (Lipinski definition) is 3. The molecule has 1 aliphatic carbocycles. The molecule has 1 atom stereocenters. The number of carbonyl (C=O) groups excluding carboxylic acids is 3. The van der Waals surface area contributed by atoms with Crippen LogP contribution in [0.1, 0.15) is 35.4 Å². The number of amides is 2. The minimum atomic E-state index is -1.24. The number of carboxylic acid groups (broad SMARTS) is 1. The molecule has 0 fully saturated rings. The van der Waals surface area contributed by atoms with Gasteiger partial charge in [-0.15, -0.1) is 0 Å². The molecular weight excluding hydrogens is 488 g/mol. The second kappa shape index (κ2) is 12.5. The molecule has 196 valence electrons. The van der Waals surface area contributed by atoms with E-state index in [4.69, 9.17) is 14.6 Å². The van der Waals surface area contributed by atoms with E-state index < -0.39 is 36.5 Å². The fourth-order valence-corrected chi connectivity index (χ4v) is 4.41. The van der Waals surface area contributed by atoms with Crippen molar-refractivity contribution in [3.05, 3.63) is 95.6 Å². The molecule has 2 amide bonds. The fraction of sp³-hybridized carbons (Fsp3) is 0.241. The summed E-state index contributed by atoms with van der Waals surface area (Å²) in [5, 5.41) is 13.6. The normalized spacial score (nSPS) is 12.5. The summed E-state index contributed by atoms with van der Waals surface area (Å²) >= 11 is 0. The van der Waals surface area contributed by atoms with Crippen LogP contribution in [0.4, 0.5) is 4.79 Å². The highest BCUT2D eigenvalue weighted by Crippen LogP contribution is 2.44. The van der Waals surface area contributed by atoms with Gasteiger partial charge in [0.25, 0.3) is 0 Å². The maximum atomic E-state index is 12.7. The summed E-state index contributed by atoms with van der Waals surface area (Å²) in [5.74, 6) is -2.70. The summed E-state index contributed by atoms with van der Waals surface area (Å²) in [6, 6.07) is 23.7. The van der Waals surface area contributed by atoms with E-state index in [0.717, 1.165) is 27.8 Å². The molecule has 3 aromatic carbocycles. The quantitative estimate of drug-likeness (QED) is 0.332. The van der Waals surface area contributed by atoms with E-state index in [2.05, 4.69) is 10.6 Å². The van der Waals surface area contributed by atoms with Crippen molar-refractivity contribution >= 4 is 23.9 Å². The van der Waals surface area contributed by atoms with Gasteiger partial charge < -0.3 is 25.2 Å². The minimum Gasteiger partial charge on any atom is -0.480 e. The predicted octanol–water partition coefficient (Wildman–Crippen LogP) is 3.62. The van der Waals surface area contributed by atoms with Crippen molar-refractivity contribution in [1.29, 1.82) is 0 Å². The molecule has 0 radical (unpaired) electrons. The number of alkyl carbamates (subject to hydrolysis) is 1. The monoisotopic (exact) mass is 516 g/mol. The second-order valence-corrected chi connectivity index (χ2v) is 8.82. The number of fused-ring (bicyclic) bond motifs is 3. The molecular formula is C29H28N2O7. The zero-order valence-corrected chi connectivity index (χ0v) is 20.6. The van der Waals surface area contributed by atoms with Crippen LogP contribution >= 0.6 is 0 Å². The zero-order valence-electron chi connectivity index (χ0n) is 20.6. The molecule has 9 nitrogen and oxygen atoms in total. The highest BCUT2D eigenvalue weighted by molar-refractivity contribution is 5.88. The molecule has 0 heterocycles. The molecule has 0 aliphatic heterocycles. The SMILES string of the molecule is O=C(O)CNC(=O)[C@H](CCC(=O)OCc1ccccc1)NC(=O)OCC1c2ccccc2-c2ccccc21. The van der Waals surface area contributed by atoms with Gasteiger partial charge in [0.1, 0.15) is 25.8 Å². The lowest BCUT2D eigenvalue weighted by molar-refractivity contribution is -0.145. The van der Waals surface area contributed by atoms with Gasteiger partial charge in [0.05, 0.1) is 0 Å². The number of esters is 1. The summed E-state index contributed by atoms with van der Waals surface area (Å²) in [4.78, 5) is 48.4. The molecule has 3 N–H and O–H groups in total. The number of nitrogens with one attached hydrogen (secondary N) is 2. The van der Waals surface area contributed by atoms with Crippen LogP contribution in [0.15, 0.2) is 78.9 Å². The third-order valence-electron chi connectivity index (χ3n) is 6.25. The fourth-order valence-electron chi connectivity index (χ4n) is 4.41. The van der Waals surface area contributed by atoms with Crippen LogP contribution in [0.3, 0.4) is 0 Å². The average Bonchev–Trinajstić information content (AvgIpc) is 3.25. The van der Waals surface area contributed by atoms with E-state index in [9.17, 15) is 19.2 Å². The standard InChI is InChI=1S/C29H28N2O7/c32-26(33)16-30-28(35)25(14-15-27(34)37-17-19-8-2-1-3-9-19)31-29(36)38-18-24-22-12-6-4-10-20(22)21-11-5-7-13-23(21)24/h1-13,24-25H,14-18H2,(H,30,35)(H,31,36)(H,32,33)/t25-/m0/s1. The van der Waals surface area contributed by atoms with Gasteiger partial charge in [0.2, 0.25) is 5.91 Å². The molecule has 9 heteroatoms. The minimum absolute atomic E-state index is 0.0441. The van der Waals surface area contributed by atoms with Gasteiger partial charge in [-0.1, -0.05) is 78.9 Å². The summed E-state index contributed by atoms with van der Waals surface area (Å²) in [5.41, 5.74) is 5.05. The maximum absolute atomic E-state index is 12.7. The Morgan fingerprint density at radius 1 is 0.816 bits per heavy atom. The lowest BCUT2D eigenvalue weighted by Gasteiger charge is -2.19. The lowest BCUT2D eigenvalue weighted by Crippen LogP contribution is -2.48. The first-order valence-electron chi connectivity index (χ1n) is 12.2. The van der Waals surface area contributed by atoms with Crippen molar-refractivity contribution in [3.63, 3.8) is 0 Å². The lowest BCUT2D eigenvalue weighted by atomic mass is 9.98. The Labute approximate surface area is 219 Å². The summed E-state index contributed by atoms with van der Waals surface area (Å²) in [6.07, 6.45) is -1.11. The van der Waals surface area contributed by atoms with Crippen molar-refractivity contribution in [2.45, 2.75) is 31.4 Å². The van der Waals surface area contributed by atoms with Crippen LogP contribution in [-0.2, 0) is 30.5 Å². The highest BCUT2D eigenvalue weighted by Gasteiger charge is 2.30. The van der Waals surface area contributed by atoms with E-state index in [0.29, 0.717) is 0 Å². The van der Waals surface area contributed by atoms with Crippen LogP contribution in [-0.4, -0.2) is 48.2 Å². The van der Waals surface area contributed by atoms with Gasteiger partial charge in [-0.05, 0) is 34.2 Å². The van der Waals surface area contributed by atoms with Crippen LogP contribution in [0.5, 0.6) is 0 Å². The smallest absolute Gasteiger partial charge is 0.407 e. The predicted molar refractivity (Wildman–Crippen MR) is 138 cm³/mol. The molecule has 0 unspecified atom stereocenters. The van der Waals surface area contributed by atoms with Crippen molar-refractivity contribution in [2.24, 2.45) is 0 Å². The van der Waals surface area contributed by atoms with Gasteiger partial charge in [-0.25, -0.2) is 4.79 Å². The molecule has 4 rings (SSSR count). The van der Waals surface area contributed by atoms with Crippen molar-refractivity contribution < 1.29 is 33.8 Å². The Bertz CT molecular complexity index is 1260. The maximum Gasteiger partial charge on any atom is 0.407 e. The zero-order chi connectivity index (χ0) is 26.9. The first kappa shape index (κ1) is 26.4. The third kappa shape index (κ3) is 6.76. The van der Waals surface area contributed by atoms with E-state index >= 15 is 0 Å². The van der Waals surface area contributed by atoms with Gasteiger partial charge in [-0.2, -0.15) is 0 Å². The summed E-state index contributed by atoms with van der Waals surface area (Å²) in [7, 11) is 0. The third-order valence-corrected chi connectivity index (χ3v) is 6.25. The first-order chi connectivity index (χ1) is 18.4. The average molecular weight is 517 g/mol. The number of aliphatic carboxylic acids is 1. The Morgan fingerprint density at radius 2 is 1.42 bits per heavy atom. The Morgan fingerprint density at radius 3 is 2.05 bits per heavy atom. The number of carboxylic acids is 1. The molecule has 0 spiro atoms. The highest BCUT2D eigenvalue weighted by atomic mass is 16.5. The summed E-state index contributed by atoms with van der Waals surface area (Å²) < 4.78 is 10.7. The first-order valence-corrected chi connectivity index (χ1v) is 12.2. The second-order valence-electron chi connectivity index (χ2n) is 8.82. The number of ether oxygens (including phenoxy) is 2. The van der Waals surface area contributed by atoms with E-state index in [1.807, 2.05) is 78.9 Å². The van der Waals surface area contributed by atoms with E-state index in [-0.39, 0.29) is 32.0 Å². The number of hydrogen-bond acceptors (Lipinski definition) is 6. The van der Waals surface area contributed by atoms with Crippen LogP contribution in [0.25, 0.3) is 11.1 Å². The number of benzene rings is 3. The van der Waals surface area contributed by atoms with Gasteiger partial charge in [0.15, 0.2) is 0 Å². The topological polar surface area (TPSA) is 131 Å². The van der Waals surface area contributed by atoms with Crippen LogP contribution in [0, 0.1) is 0 Å². The Kier molecular flexibility index (Phi) is 8.71. The molecule has 0 saturated carbocycles. The van der Waals surface area contributed by atoms with Crippen molar-refractivity contribution in [3.8, 4) is 11.1 Å². The van der Waals surface area contributed by atoms with Crippen LogP contribution in [0.2, 0.25) is 0 Å². The molecule has 0 saturated heterocycles. The van der Waals surface area contributed by atoms with E-state index in [1.54, 1.807) is 0 Å². The molecule has 3 aromatic rings. The van der Waals surface area contributed by atoms with Crippen LogP contribution < -0.4 is 10.6 Å². The number of rotatable bonds is 11. The number of carbonyl (C=O) groups is 4. The molecule has 38 heavy (non-hydrogen) atoms. The molecule has 0 aromatic heterocycles. The van der Waals surface area contributed by atoms with Gasteiger partial charge in [0, 0.05) is 12.3 Å². The van der Waals surface area contributed by atoms with Gasteiger partial charge in [-0.3, -0.25) is 14.4 Å². The molecule has 0 bridgehead atoms. The molecule has 1 aliphatic rings. The Hall–Kier alpha value is -4.66.